The van der Waals surface area contributed by atoms with Gasteiger partial charge in [-0.25, -0.2) is 18.1 Å². The van der Waals surface area contributed by atoms with E-state index in [9.17, 15) is 13.2 Å². The molecular formula is C27H30N4O5S. The highest BCUT2D eigenvalue weighted by Gasteiger charge is 2.25. The SMILES string of the molecule is CC(C)C[C@@H]1COc2cc(-c3ccccc3OCC3CC3)nc(n2)NS(=O)(=O)c2cccc(c2)C(=O)N1. The third-order valence-corrected chi connectivity index (χ3v) is 7.52. The molecule has 1 fully saturated rings. The molecule has 0 radical (unpaired) electrons. The molecule has 1 atom stereocenters. The van der Waals surface area contributed by atoms with E-state index in [-0.39, 0.29) is 40.8 Å². The minimum absolute atomic E-state index is 0.0653. The molecule has 2 aromatic carbocycles. The van der Waals surface area contributed by atoms with E-state index >= 15 is 0 Å². The van der Waals surface area contributed by atoms with Gasteiger partial charge in [-0.1, -0.05) is 32.0 Å². The largest absolute Gasteiger partial charge is 0.493 e. The van der Waals surface area contributed by atoms with Crippen LogP contribution in [-0.4, -0.2) is 43.5 Å². The third-order valence-electron chi connectivity index (χ3n) is 6.19. The summed E-state index contributed by atoms with van der Waals surface area (Å²) >= 11 is 0. The first kappa shape index (κ1) is 25.0. The van der Waals surface area contributed by atoms with Gasteiger partial charge in [0.25, 0.3) is 15.9 Å². The summed E-state index contributed by atoms with van der Waals surface area (Å²) in [6, 6.07) is 14.7. The highest BCUT2D eigenvalue weighted by molar-refractivity contribution is 7.92. The molecule has 3 aromatic rings. The van der Waals surface area contributed by atoms with Crippen molar-refractivity contribution >= 4 is 21.9 Å². The molecule has 4 bridgehead atoms. The Balaban J connectivity index is 1.56. The van der Waals surface area contributed by atoms with Crippen molar-refractivity contribution in [2.24, 2.45) is 11.8 Å². The second-order valence-electron chi connectivity index (χ2n) is 9.91. The quantitative estimate of drug-likeness (QED) is 0.496. The molecule has 1 amide bonds. The van der Waals surface area contributed by atoms with Crippen LogP contribution in [0.5, 0.6) is 11.6 Å². The maximum atomic E-state index is 13.2. The zero-order valence-electron chi connectivity index (χ0n) is 20.8. The van der Waals surface area contributed by atoms with Gasteiger partial charge in [-0.05, 0) is 61.4 Å². The maximum absolute atomic E-state index is 13.2. The Kier molecular flexibility index (Phi) is 7.01. The van der Waals surface area contributed by atoms with Gasteiger partial charge in [0.05, 0.1) is 23.2 Å². The number of para-hydroxylation sites is 1. The highest BCUT2D eigenvalue weighted by atomic mass is 32.2. The van der Waals surface area contributed by atoms with Crippen molar-refractivity contribution in [3.63, 3.8) is 0 Å². The number of hydrogen-bond donors (Lipinski definition) is 2. The molecule has 2 N–H and O–H groups in total. The number of sulfonamides is 1. The number of ether oxygens (including phenoxy) is 2. The standard InChI is InChI=1S/C27H30N4O5S/c1-17(2)12-20-16-36-25-14-23(22-8-3-4-9-24(22)35-15-18-10-11-18)29-27(30-25)31-37(33,34)21-7-5-6-19(13-21)26(32)28-20/h3-9,13-14,17-18,20H,10-12,15-16H2,1-2H3,(H,28,32)(H,29,30,31)/t20-/m1/s1. The molecule has 1 aliphatic heterocycles. The van der Waals surface area contributed by atoms with Gasteiger partial charge in [0, 0.05) is 17.2 Å². The summed E-state index contributed by atoms with van der Waals surface area (Å²) in [5.41, 5.74) is 1.40. The molecule has 1 saturated carbocycles. The Morgan fingerprint density at radius 3 is 2.68 bits per heavy atom. The van der Waals surface area contributed by atoms with Crippen molar-refractivity contribution in [1.82, 2.24) is 15.3 Å². The monoisotopic (exact) mass is 522 g/mol. The lowest BCUT2D eigenvalue weighted by atomic mass is 10.0. The van der Waals surface area contributed by atoms with Crippen LogP contribution in [-0.2, 0) is 10.0 Å². The third kappa shape index (κ3) is 6.19. The van der Waals surface area contributed by atoms with Gasteiger partial charge < -0.3 is 14.8 Å². The van der Waals surface area contributed by atoms with Crippen molar-refractivity contribution in [2.75, 3.05) is 17.9 Å². The van der Waals surface area contributed by atoms with Gasteiger partial charge in [-0.15, -0.1) is 0 Å². The van der Waals surface area contributed by atoms with E-state index in [2.05, 4.69) is 33.9 Å². The van der Waals surface area contributed by atoms with Gasteiger partial charge in [0.1, 0.15) is 12.4 Å². The number of carbonyl (C=O) groups is 1. The Hall–Kier alpha value is -3.66. The summed E-state index contributed by atoms with van der Waals surface area (Å²) in [5.74, 6) is 1.21. The fraction of sp³-hybridized carbons (Fsp3) is 0.370. The molecular weight excluding hydrogens is 492 g/mol. The summed E-state index contributed by atoms with van der Waals surface area (Å²) < 4.78 is 40.9. The average molecular weight is 523 g/mol. The fourth-order valence-electron chi connectivity index (χ4n) is 4.15. The number of aromatic nitrogens is 2. The number of amides is 1. The summed E-state index contributed by atoms with van der Waals surface area (Å²) in [6.45, 7) is 4.90. The zero-order valence-corrected chi connectivity index (χ0v) is 21.6. The van der Waals surface area contributed by atoms with E-state index < -0.39 is 10.0 Å². The summed E-state index contributed by atoms with van der Waals surface area (Å²) in [7, 11) is -4.08. The van der Waals surface area contributed by atoms with Crippen LogP contribution < -0.4 is 19.5 Å². The minimum Gasteiger partial charge on any atom is -0.493 e. The van der Waals surface area contributed by atoms with Gasteiger partial charge >= 0.3 is 0 Å². The Bertz CT molecular complexity index is 1410. The number of nitrogens with zero attached hydrogens (tertiary/aromatic N) is 2. The molecule has 194 valence electrons. The zero-order chi connectivity index (χ0) is 26.0. The lowest BCUT2D eigenvalue weighted by Crippen LogP contribution is -2.40. The predicted octanol–water partition coefficient (Wildman–Crippen LogP) is 4.27. The van der Waals surface area contributed by atoms with Crippen LogP contribution in [0.3, 0.4) is 0 Å². The Morgan fingerprint density at radius 2 is 1.89 bits per heavy atom. The Labute approximate surface area is 216 Å². The molecule has 5 rings (SSSR count). The van der Waals surface area contributed by atoms with Crippen molar-refractivity contribution < 1.29 is 22.7 Å². The molecule has 37 heavy (non-hydrogen) atoms. The summed E-state index contributed by atoms with van der Waals surface area (Å²) in [6.07, 6.45) is 2.99. The predicted molar refractivity (Wildman–Crippen MR) is 139 cm³/mol. The number of hydrogen-bond acceptors (Lipinski definition) is 7. The number of anilines is 1. The van der Waals surface area contributed by atoms with Crippen LogP contribution in [0.1, 0.15) is 43.5 Å². The van der Waals surface area contributed by atoms with Gasteiger partial charge in [-0.3, -0.25) is 4.79 Å². The number of rotatable bonds is 6. The van der Waals surface area contributed by atoms with Gasteiger partial charge in [-0.2, -0.15) is 4.98 Å². The van der Waals surface area contributed by atoms with Crippen molar-refractivity contribution in [3.8, 4) is 22.9 Å². The van der Waals surface area contributed by atoms with Crippen LogP contribution in [0, 0.1) is 11.8 Å². The molecule has 10 heteroatoms. The van der Waals surface area contributed by atoms with Crippen LogP contribution in [0.15, 0.2) is 59.5 Å². The molecule has 2 aliphatic rings. The first-order valence-electron chi connectivity index (χ1n) is 12.4. The normalized spacial score (nSPS) is 18.9. The smallest absolute Gasteiger partial charge is 0.264 e. The van der Waals surface area contributed by atoms with Crippen molar-refractivity contribution in [1.29, 1.82) is 0 Å². The molecule has 1 aromatic heterocycles. The number of nitrogens with one attached hydrogen (secondary N) is 2. The van der Waals surface area contributed by atoms with Crippen LogP contribution in [0.4, 0.5) is 5.95 Å². The lowest BCUT2D eigenvalue weighted by molar-refractivity contribution is 0.0913. The first-order valence-corrected chi connectivity index (χ1v) is 13.9. The Morgan fingerprint density at radius 1 is 1.08 bits per heavy atom. The fourth-order valence-corrected chi connectivity index (χ4v) is 5.14. The van der Waals surface area contributed by atoms with Gasteiger partial charge in [0.15, 0.2) is 0 Å². The molecule has 1 aliphatic carbocycles. The average Bonchev–Trinajstić information content (AvgIpc) is 3.70. The van der Waals surface area contributed by atoms with Crippen LogP contribution >= 0.6 is 0 Å². The van der Waals surface area contributed by atoms with Crippen LogP contribution in [0.2, 0.25) is 0 Å². The number of carbonyl (C=O) groups excluding carboxylic acids is 1. The number of benzene rings is 2. The number of fused-ring (bicyclic) bond motifs is 4. The lowest BCUT2D eigenvalue weighted by Gasteiger charge is -2.21. The van der Waals surface area contributed by atoms with E-state index in [0.29, 0.717) is 41.9 Å². The summed E-state index contributed by atoms with van der Waals surface area (Å²) in [4.78, 5) is 21.7. The molecule has 0 spiro atoms. The van der Waals surface area contributed by atoms with Crippen molar-refractivity contribution in [2.45, 2.75) is 44.0 Å². The first-order chi connectivity index (χ1) is 17.8. The molecule has 9 nitrogen and oxygen atoms in total. The minimum atomic E-state index is -4.08. The molecule has 0 saturated heterocycles. The van der Waals surface area contributed by atoms with E-state index in [1.807, 2.05) is 24.3 Å². The molecule has 2 heterocycles. The summed E-state index contributed by atoms with van der Waals surface area (Å²) in [5, 5.41) is 2.98. The van der Waals surface area contributed by atoms with E-state index in [4.69, 9.17) is 9.47 Å². The maximum Gasteiger partial charge on any atom is 0.264 e. The topological polar surface area (TPSA) is 120 Å². The van der Waals surface area contributed by atoms with Crippen LogP contribution in [0.25, 0.3) is 11.3 Å². The second-order valence-corrected chi connectivity index (χ2v) is 11.6. The highest BCUT2D eigenvalue weighted by Crippen LogP contribution is 2.34. The second kappa shape index (κ2) is 10.4. The van der Waals surface area contributed by atoms with E-state index in [1.165, 1.54) is 18.2 Å². The van der Waals surface area contributed by atoms with E-state index in [0.717, 1.165) is 12.8 Å². The molecule has 0 unspecified atom stereocenters. The van der Waals surface area contributed by atoms with Crippen molar-refractivity contribution in [3.05, 3.63) is 60.2 Å². The van der Waals surface area contributed by atoms with Gasteiger partial charge in [0.2, 0.25) is 11.8 Å². The van der Waals surface area contributed by atoms with E-state index in [1.54, 1.807) is 12.1 Å².